The summed E-state index contributed by atoms with van der Waals surface area (Å²) in [6, 6.07) is 4.95. The zero-order valence-corrected chi connectivity index (χ0v) is 11.2. The van der Waals surface area contributed by atoms with E-state index in [1.54, 1.807) is 12.1 Å². The first-order valence-electron chi connectivity index (χ1n) is 5.44. The average Bonchev–Trinajstić information content (AvgIpc) is 2.15. The molecule has 88 valence electrons. The summed E-state index contributed by atoms with van der Waals surface area (Å²) in [5.74, 6) is 0.339. The Labute approximate surface area is 104 Å². The number of rotatable bonds is 5. The monoisotopic (exact) mass is 286 g/mol. The van der Waals surface area contributed by atoms with Crippen molar-refractivity contribution in [2.75, 3.05) is 0 Å². The van der Waals surface area contributed by atoms with E-state index >= 15 is 0 Å². The fraction of sp³-hybridized carbons (Fsp3) is 0.462. The molecule has 0 aliphatic rings. The maximum absolute atomic E-state index is 13.4. The molecule has 0 atom stereocenters. The van der Waals surface area contributed by atoms with Crippen LogP contribution in [0.2, 0.25) is 0 Å². The van der Waals surface area contributed by atoms with Gasteiger partial charge in [0, 0.05) is 17.3 Å². The van der Waals surface area contributed by atoms with Crippen molar-refractivity contribution in [3.8, 4) is 0 Å². The standard InChI is InChI=1S/C13H16BrFO/c1-9(2)7-12(16)6-4-10-3-5-11(14)8-13(10)15/h3,5,8-9H,4,6-7H2,1-2H3. The van der Waals surface area contributed by atoms with Crippen LogP contribution >= 0.6 is 15.9 Å². The second-order valence-corrected chi connectivity index (χ2v) is 5.29. The molecule has 0 radical (unpaired) electrons. The zero-order valence-electron chi connectivity index (χ0n) is 9.59. The van der Waals surface area contributed by atoms with Gasteiger partial charge in [-0.15, -0.1) is 0 Å². The van der Waals surface area contributed by atoms with Crippen LogP contribution in [0.15, 0.2) is 22.7 Å². The molecule has 3 heteroatoms. The van der Waals surface area contributed by atoms with Crippen LogP contribution in [0.1, 0.15) is 32.3 Å². The Bertz CT molecular complexity index is 374. The van der Waals surface area contributed by atoms with E-state index in [1.807, 2.05) is 13.8 Å². The SMILES string of the molecule is CC(C)CC(=O)CCc1ccc(Br)cc1F. The molecule has 1 aromatic carbocycles. The number of halogens is 2. The lowest BCUT2D eigenvalue weighted by Gasteiger charge is -2.05. The van der Waals surface area contributed by atoms with Crippen molar-refractivity contribution in [2.24, 2.45) is 5.92 Å². The second-order valence-electron chi connectivity index (χ2n) is 4.37. The molecule has 1 aromatic rings. The summed E-state index contributed by atoms with van der Waals surface area (Å²) in [6.07, 6.45) is 1.50. The number of Topliss-reactive ketones (excluding diaryl/α,β-unsaturated/α-hetero) is 1. The van der Waals surface area contributed by atoms with Crippen LogP contribution in [0.4, 0.5) is 4.39 Å². The summed E-state index contributed by atoms with van der Waals surface area (Å²) in [5, 5.41) is 0. The third-order valence-corrected chi connectivity index (χ3v) is 2.82. The average molecular weight is 287 g/mol. The first-order valence-corrected chi connectivity index (χ1v) is 6.24. The van der Waals surface area contributed by atoms with Gasteiger partial charge < -0.3 is 0 Å². The third kappa shape index (κ3) is 4.44. The fourth-order valence-electron chi connectivity index (χ4n) is 1.56. The molecule has 0 saturated heterocycles. The summed E-state index contributed by atoms with van der Waals surface area (Å²) in [7, 11) is 0. The van der Waals surface area contributed by atoms with Crippen LogP contribution in [-0.2, 0) is 11.2 Å². The van der Waals surface area contributed by atoms with Crippen molar-refractivity contribution in [3.63, 3.8) is 0 Å². The van der Waals surface area contributed by atoms with Crippen LogP contribution < -0.4 is 0 Å². The van der Waals surface area contributed by atoms with E-state index in [0.29, 0.717) is 30.7 Å². The van der Waals surface area contributed by atoms with Gasteiger partial charge in [-0.05, 0) is 30.0 Å². The van der Waals surface area contributed by atoms with Crippen molar-refractivity contribution >= 4 is 21.7 Å². The third-order valence-electron chi connectivity index (χ3n) is 2.32. The first-order chi connectivity index (χ1) is 7.49. The molecule has 0 unspecified atom stereocenters. The van der Waals surface area contributed by atoms with E-state index in [2.05, 4.69) is 15.9 Å². The molecule has 16 heavy (non-hydrogen) atoms. The molecule has 0 saturated carbocycles. The number of carbonyl (C=O) groups excluding carboxylic acids is 1. The van der Waals surface area contributed by atoms with Gasteiger partial charge in [0.15, 0.2) is 0 Å². The van der Waals surface area contributed by atoms with Gasteiger partial charge in [0.25, 0.3) is 0 Å². The van der Waals surface area contributed by atoms with Crippen LogP contribution in [0.3, 0.4) is 0 Å². The Morgan fingerprint density at radius 1 is 1.44 bits per heavy atom. The molecule has 0 aliphatic carbocycles. The molecular weight excluding hydrogens is 271 g/mol. The van der Waals surface area contributed by atoms with Gasteiger partial charge in [-0.3, -0.25) is 4.79 Å². The summed E-state index contributed by atoms with van der Waals surface area (Å²) in [5.41, 5.74) is 0.611. The molecule has 0 bridgehead atoms. The Morgan fingerprint density at radius 2 is 2.12 bits per heavy atom. The van der Waals surface area contributed by atoms with Gasteiger partial charge in [0.1, 0.15) is 11.6 Å². The Kier molecular flexibility index (Phi) is 5.13. The molecular formula is C13H16BrFO. The predicted octanol–water partition coefficient (Wildman–Crippen LogP) is 4.14. The number of hydrogen-bond acceptors (Lipinski definition) is 1. The summed E-state index contributed by atoms with van der Waals surface area (Å²) >= 11 is 3.20. The van der Waals surface area contributed by atoms with Crippen LogP contribution in [0.25, 0.3) is 0 Å². The topological polar surface area (TPSA) is 17.1 Å². The minimum Gasteiger partial charge on any atom is -0.300 e. The predicted molar refractivity (Wildman–Crippen MR) is 66.9 cm³/mol. The quantitative estimate of drug-likeness (QED) is 0.795. The van der Waals surface area contributed by atoms with Gasteiger partial charge in [0.2, 0.25) is 0 Å². The normalized spacial score (nSPS) is 10.8. The van der Waals surface area contributed by atoms with Crippen LogP contribution in [0, 0.1) is 11.7 Å². The van der Waals surface area contributed by atoms with Gasteiger partial charge in [-0.25, -0.2) is 4.39 Å². The molecule has 0 spiro atoms. The molecule has 0 aromatic heterocycles. The summed E-state index contributed by atoms with van der Waals surface area (Å²) < 4.78 is 14.1. The number of carbonyl (C=O) groups is 1. The molecule has 0 heterocycles. The maximum Gasteiger partial charge on any atom is 0.133 e. The smallest absolute Gasteiger partial charge is 0.133 e. The first kappa shape index (κ1) is 13.4. The van der Waals surface area contributed by atoms with Crippen LogP contribution in [0.5, 0.6) is 0 Å². The number of ketones is 1. The minimum absolute atomic E-state index is 0.206. The molecule has 0 amide bonds. The van der Waals surface area contributed by atoms with E-state index in [1.165, 1.54) is 6.07 Å². The highest BCUT2D eigenvalue weighted by Gasteiger charge is 2.08. The van der Waals surface area contributed by atoms with E-state index in [4.69, 9.17) is 0 Å². The van der Waals surface area contributed by atoms with E-state index in [0.717, 1.165) is 4.47 Å². The lowest BCUT2D eigenvalue weighted by molar-refractivity contribution is -0.119. The highest BCUT2D eigenvalue weighted by molar-refractivity contribution is 9.10. The van der Waals surface area contributed by atoms with Gasteiger partial charge in [-0.1, -0.05) is 35.8 Å². The van der Waals surface area contributed by atoms with Crippen molar-refractivity contribution < 1.29 is 9.18 Å². The van der Waals surface area contributed by atoms with Crippen molar-refractivity contribution in [2.45, 2.75) is 33.1 Å². The lowest BCUT2D eigenvalue weighted by atomic mass is 10.0. The highest BCUT2D eigenvalue weighted by atomic mass is 79.9. The summed E-state index contributed by atoms with van der Waals surface area (Å²) in [4.78, 5) is 11.5. The van der Waals surface area contributed by atoms with Gasteiger partial charge in [-0.2, -0.15) is 0 Å². The molecule has 1 rings (SSSR count). The number of aryl methyl sites for hydroxylation is 1. The zero-order chi connectivity index (χ0) is 12.1. The Hall–Kier alpha value is -0.700. The second kappa shape index (κ2) is 6.14. The van der Waals surface area contributed by atoms with Crippen molar-refractivity contribution in [1.29, 1.82) is 0 Å². The number of hydrogen-bond donors (Lipinski definition) is 0. The van der Waals surface area contributed by atoms with Crippen LogP contribution in [-0.4, -0.2) is 5.78 Å². The largest absolute Gasteiger partial charge is 0.300 e. The molecule has 1 nitrogen and oxygen atoms in total. The highest BCUT2D eigenvalue weighted by Crippen LogP contribution is 2.17. The van der Waals surface area contributed by atoms with Gasteiger partial charge in [0.05, 0.1) is 0 Å². The van der Waals surface area contributed by atoms with E-state index in [-0.39, 0.29) is 11.6 Å². The summed E-state index contributed by atoms with van der Waals surface area (Å²) in [6.45, 7) is 4.02. The molecule has 0 N–H and O–H groups in total. The fourth-order valence-corrected chi connectivity index (χ4v) is 1.89. The van der Waals surface area contributed by atoms with Gasteiger partial charge >= 0.3 is 0 Å². The van der Waals surface area contributed by atoms with Crippen molar-refractivity contribution in [1.82, 2.24) is 0 Å². The Morgan fingerprint density at radius 3 is 2.69 bits per heavy atom. The van der Waals surface area contributed by atoms with E-state index < -0.39 is 0 Å². The molecule has 0 fully saturated rings. The lowest BCUT2D eigenvalue weighted by Crippen LogP contribution is -2.04. The van der Waals surface area contributed by atoms with E-state index in [9.17, 15) is 9.18 Å². The number of benzene rings is 1. The Balaban J connectivity index is 2.51. The molecule has 0 aliphatic heterocycles. The van der Waals surface area contributed by atoms with Crippen molar-refractivity contribution in [3.05, 3.63) is 34.1 Å². The minimum atomic E-state index is -0.244. The maximum atomic E-state index is 13.4.